The molecule has 2 saturated carbocycles. The van der Waals surface area contributed by atoms with E-state index in [4.69, 9.17) is 4.74 Å². The summed E-state index contributed by atoms with van der Waals surface area (Å²) in [6.07, 6.45) is 5.03. The summed E-state index contributed by atoms with van der Waals surface area (Å²) in [4.78, 5) is 11.7. The number of hydrogen-bond acceptors (Lipinski definition) is 3. The molecule has 0 amide bonds. The third-order valence-electron chi connectivity index (χ3n) is 5.82. The quantitative estimate of drug-likeness (QED) is 0.672. The lowest BCUT2D eigenvalue weighted by atomic mass is 9.54. The lowest BCUT2D eigenvalue weighted by Crippen LogP contribution is -2.50. The molecule has 1 N–H and O–H groups in total. The molecule has 3 rings (SSSR count). The minimum absolute atomic E-state index is 0.217. The van der Waals surface area contributed by atoms with Gasteiger partial charge >= 0.3 is 5.97 Å². The molecule has 0 bridgehead atoms. The van der Waals surface area contributed by atoms with Crippen LogP contribution in [0.15, 0.2) is 11.1 Å². The van der Waals surface area contributed by atoms with Crippen LogP contribution in [0.3, 0.4) is 0 Å². The Balaban J connectivity index is 2.02. The standard InChI is InChI=1S/C15H22O3/c1-9-5-4-6-11-7-15(17)12(8-14(9,11)3)10(2)13(16)18-15/h9,11,17H,4-8H2,1-3H3/t9-,11-,14+,15+/m0/s1. The summed E-state index contributed by atoms with van der Waals surface area (Å²) in [5.74, 6) is -0.504. The fourth-order valence-corrected chi connectivity index (χ4v) is 4.24. The minimum Gasteiger partial charge on any atom is -0.426 e. The molecule has 4 atom stereocenters. The van der Waals surface area contributed by atoms with Gasteiger partial charge in [-0.25, -0.2) is 4.79 Å². The predicted octanol–water partition coefficient (Wildman–Crippen LogP) is 2.78. The zero-order valence-corrected chi connectivity index (χ0v) is 11.5. The van der Waals surface area contributed by atoms with E-state index in [0.29, 0.717) is 23.8 Å². The van der Waals surface area contributed by atoms with Gasteiger partial charge in [-0.2, -0.15) is 0 Å². The summed E-state index contributed by atoms with van der Waals surface area (Å²) < 4.78 is 5.24. The molecule has 0 spiro atoms. The summed E-state index contributed by atoms with van der Waals surface area (Å²) in [5, 5.41) is 10.6. The molecular formula is C15H22O3. The summed E-state index contributed by atoms with van der Waals surface area (Å²) in [6, 6.07) is 0. The van der Waals surface area contributed by atoms with Crippen molar-refractivity contribution in [3.8, 4) is 0 Å². The predicted molar refractivity (Wildman–Crippen MR) is 67.6 cm³/mol. The Hall–Kier alpha value is -0.830. The van der Waals surface area contributed by atoms with Gasteiger partial charge in [-0.15, -0.1) is 0 Å². The van der Waals surface area contributed by atoms with Crippen LogP contribution in [0.2, 0.25) is 0 Å². The third kappa shape index (κ3) is 1.43. The Bertz CT molecular complexity index is 439. The summed E-state index contributed by atoms with van der Waals surface area (Å²) in [5.41, 5.74) is 1.70. The number of carbonyl (C=O) groups excluding carboxylic acids is 1. The van der Waals surface area contributed by atoms with E-state index in [1.807, 2.05) is 0 Å². The van der Waals surface area contributed by atoms with Gasteiger partial charge in [0, 0.05) is 17.6 Å². The van der Waals surface area contributed by atoms with Gasteiger partial charge in [0.15, 0.2) is 0 Å². The van der Waals surface area contributed by atoms with Gasteiger partial charge in [0.25, 0.3) is 0 Å². The average Bonchev–Trinajstić information content (AvgIpc) is 2.50. The van der Waals surface area contributed by atoms with Crippen LogP contribution >= 0.6 is 0 Å². The Morgan fingerprint density at radius 1 is 1.39 bits per heavy atom. The summed E-state index contributed by atoms with van der Waals surface area (Å²) >= 11 is 0. The first-order chi connectivity index (χ1) is 8.37. The molecule has 1 heterocycles. The second-order valence-corrected chi connectivity index (χ2v) is 6.69. The highest BCUT2D eigenvalue weighted by Crippen LogP contribution is 2.59. The molecule has 0 aromatic carbocycles. The molecule has 100 valence electrons. The van der Waals surface area contributed by atoms with Crippen molar-refractivity contribution in [3.63, 3.8) is 0 Å². The van der Waals surface area contributed by atoms with Crippen molar-refractivity contribution in [1.82, 2.24) is 0 Å². The highest BCUT2D eigenvalue weighted by Gasteiger charge is 2.57. The van der Waals surface area contributed by atoms with Gasteiger partial charge in [0.2, 0.25) is 5.79 Å². The van der Waals surface area contributed by atoms with Crippen molar-refractivity contribution in [2.45, 2.75) is 58.7 Å². The molecular weight excluding hydrogens is 228 g/mol. The fourth-order valence-electron chi connectivity index (χ4n) is 4.24. The lowest BCUT2D eigenvalue weighted by Gasteiger charge is -2.53. The Kier molecular flexibility index (Phi) is 2.44. The van der Waals surface area contributed by atoms with E-state index in [-0.39, 0.29) is 11.4 Å². The number of aliphatic hydroxyl groups is 1. The van der Waals surface area contributed by atoms with E-state index >= 15 is 0 Å². The highest BCUT2D eigenvalue weighted by molar-refractivity contribution is 5.92. The molecule has 0 unspecified atom stereocenters. The van der Waals surface area contributed by atoms with Crippen molar-refractivity contribution in [2.24, 2.45) is 17.3 Å². The van der Waals surface area contributed by atoms with Crippen molar-refractivity contribution in [1.29, 1.82) is 0 Å². The largest absolute Gasteiger partial charge is 0.426 e. The Labute approximate surface area is 108 Å². The summed E-state index contributed by atoms with van der Waals surface area (Å²) in [7, 11) is 0. The van der Waals surface area contributed by atoms with Gasteiger partial charge in [0.1, 0.15) is 0 Å². The number of ether oxygens (including phenoxy) is 1. The van der Waals surface area contributed by atoms with Crippen molar-refractivity contribution >= 4 is 5.97 Å². The van der Waals surface area contributed by atoms with Crippen molar-refractivity contribution < 1.29 is 14.6 Å². The van der Waals surface area contributed by atoms with Crippen molar-refractivity contribution in [2.75, 3.05) is 0 Å². The van der Waals surface area contributed by atoms with Crippen LogP contribution in [-0.4, -0.2) is 16.9 Å². The third-order valence-corrected chi connectivity index (χ3v) is 5.82. The first-order valence-corrected chi connectivity index (χ1v) is 7.03. The smallest absolute Gasteiger partial charge is 0.336 e. The molecule has 1 aliphatic heterocycles. The monoisotopic (exact) mass is 250 g/mol. The van der Waals surface area contributed by atoms with Gasteiger partial charge < -0.3 is 9.84 Å². The van der Waals surface area contributed by atoms with Crippen LogP contribution < -0.4 is 0 Å². The molecule has 0 aromatic heterocycles. The normalized spacial score (nSPS) is 47.7. The Morgan fingerprint density at radius 3 is 2.83 bits per heavy atom. The van der Waals surface area contributed by atoms with Gasteiger partial charge in [0.05, 0.1) is 0 Å². The number of hydrogen-bond donors (Lipinski definition) is 1. The first kappa shape index (κ1) is 12.2. The van der Waals surface area contributed by atoms with Gasteiger partial charge in [-0.05, 0) is 37.0 Å². The molecule has 0 aromatic rings. The fraction of sp³-hybridized carbons (Fsp3) is 0.800. The van der Waals surface area contributed by atoms with Crippen LogP contribution in [-0.2, 0) is 9.53 Å². The van der Waals surface area contributed by atoms with E-state index in [9.17, 15) is 9.90 Å². The lowest BCUT2D eigenvalue weighted by molar-refractivity contribution is -0.204. The van der Waals surface area contributed by atoms with Crippen LogP contribution in [0.1, 0.15) is 52.9 Å². The van der Waals surface area contributed by atoms with Crippen LogP contribution in [0, 0.1) is 17.3 Å². The maximum absolute atomic E-state index is 11.7. The number of carbonyl (C=O) groups is 1. The van der Waals surface area contributed by atoms with Crippen LogP contribution in [0.4, 0.5) is 0 Å². The maximum atomic E-state index is 11.7. The van der Waals surface area contributed by atoms with Gasteiger partial charge in [-0.3, -0.25) is 0 Å². The second kappa shape index (κ2) is 3.60. The van der Waals surface area contributed by atoms with E-state index in [2.05, 4.69) is 13.8 Å². The molecule has 0 radical (unpaired) electrons. The molecule has 18 heavy (non-hydrogen) atoms. The zero-order valence-electron chi connectivity index (χ0n) is 11.5. The van der Waals surface area contributed by atoms with Crippen LogP contribution in [0.25, 0.3) is 0 Å². The minimum atomic E-state index is -1.29. The molecule has 3 nitrogen and oxygen atoms in total. The van der Waals surface area contributed by atoms with E-state index < -0.39 is 5.79 Å². The Morgan fingerprint density at radius 2 is 2.11 bits per heavy atom. The highest BCUT2D eigenvalue weighted by atomic mass is 16.7. The molecule has 2 aliphatic carbocycles. The SMILES string of the molecule is CC1=C2C[C@@]3(C)[C@@H](CCC[C@@H]3C)C[C@@]2(O)OC1=O. The van der Waals surface area contributed by atoms with Gasteiger partial charge in [-0.1, -0.05) is 26.7 Å². The first-order valence-electron chi connectivity index (χ1n) is 7.03. The van der Waals surface area contributed by atoms with E-state index in [1.165, 1.54) is 12.8 Å². The number of esters is 1. The average molecular weight is 250 g/mol. The van der Waals surface area contributed by atoms with E-state index in [1.54, 1.807) is 6.92 Å². The van der Waals surface area contributed by atoms with Crippen molar-refractivity contribution in [3.05, 3.63) is 11.1 Å². The number of rotatable bonds is 0. The second-order valence-electron chi connectivity index (χ2n) is 6.69. The van der Waals surface area contributed by atoms with Crippen LogP contribution in [0.5, 0.6) is 0 Å². The number of fused-ring (bicyclic) bond motifs is 2. The molecule has 2 fully saturated rings. The summed E-state index contributed by atoms with van der Waals surface area (Å²) in [6.45, 7) is 6.42. The molecule has 3 heteroatoms. The molecule has 0 saturated heterocycles. The maximum Gasteiger partial charge on any atom is 0.336 e. The zero-order chi connectivity index (χ0) is 13.1. The molecule has 3 aliphatic rings. The topological polar surface area (TPSA) is 46.5 Å². The van der Waals surface area contributed by atoms with E-state index in [0.717, 1.165) is 18.4 Å².